The first-order chi connectivity index (χ1) is 12.3. The van der Waals surface area contributed by atoms with E-state index in [0.29, 0.717) is 40.2 Å². The number of hydrazone groups is 1. The summed E-state index contributed by atoms with van der Waals surface area (Å²) in [5, 5.41) is 10.9. The van der Waals surface area contributed by atoms with Gasteiger partial charge in [-0.05, 0) is 24.6 Å². The molecule has 2 aromatic rings. The SMILES string of the molecule is CCOc1cc(/C=N/Nc2nc(=O)[nH]nc2C(C)(C)C)cc(Cl)c1OC. The smallest absolute Gasteiger partial charge is 0.363 e. The van der Waals surface area contributed by atoms with Crippen LogP contribution in [0.4, 0.5) is 5.82 Å². The van der Waals surface area contributed by atoms with E-state index in [1.807, 2.05) is 27.7 Å². The minimum absolute atomic E-state index is 0.294. The monoisotopic (exact) mass is 379 g/mol. The van der Waals surface area contributed by atoms with Gasteiger partial charge in [-0.1, -0.05) is 32.4 Å². The van der Waals surface area contributed by atoms with E-state index in [9.17, 15) is 4.79 Å². The number of methoxy groups -OCH3 is 1. The molecule has 0 saturated carbocycles. The number of benzene rings is 1. The van der Waals surface area contributed by atoms with E-state index in [-0.39, 0.29) is 5.41 Å². The highest BCUT2D eigenvalue weighted by molar-refractivity contribution is 6.32. The lowest BCUT2D eigenvalue weighted by Crippen LogP contribution is -2.24. The zero-order chi connectivity index (χ0) is 19.3. The molecule has 0 unspecified atom stereocenters. The van der Waals surface area contributed by atoms with E-state index < -0.39 is 5.69 Å². The van der Waals surface area contributed by atoms with Crippen LogP contribution in [-0.4, -0.2) is 35.1 Å². The molecule has 2 N–H and O–H groups in total. The normalized spacial score (nSPS) is 11.6. The Balaban J connectivity index is 2.29. The van der Waals surface area contributed by atoms with Gasteiger partial charge in [-0.15, -0.1) is 0 Å². The number of ether oxygens (including phenoxy) is 2. The molecule has 0 aliphatic heterocycles. The number of anilines is 1. The largest absolute Gasteiger partial charge is 0.491 e. The molecule has 8 nitrogen and oxygen atoms in total. The molecular formula is C17H22ClN5O3. The van der Waals surface area contributed by atoms with Crippen LogP contribution in [-0.2, 0) is 5.41 Å². The van der Waals surface area contributed by atoms with Crippen LogP contribution in [0, 0.1) is 0 Å². The second-order valence-corrected chi connectivity index (χ2v) is 6.83. The fraction of sp³-hybridized carbons (Fsp3) is 0.412. The van der Waals surface area contributed by atoms with Crippen LogP contribution in [0.15, 0.2) is 22.0 Å². The summed E-state index contributed by atoms with van der Waals surface area (Å²) in [5.41, 5.74) is 3.19. The van der Waals surface area contributed by atoms with E-state index in [1.165, 1.54) is 7.11 Å². The fourth-order valence-electron chi connectivity index (χ4n) is 2.23. The second-order valence-electron chi connectivity index (χ2n) is 6.42. The first-order valence-corrected chi connectivity index (χ1v) is 8.40. The van der Waals surface area contributed by atoms with Gasteiger partial charge in [-0.2, -0.15) is 15.2 Å². The zero-order valence-electron chi connectivity index (χ0n) is 15.4. The summed E-state index contributed by atoms with van der Waals surface area (Å²) in [5.74, 6) is 1.28. The molecule has 0 spiro atoms. The highest BCUT2D eigenvalue weighted by atomic mass is 35.5. The molecule has 0 aliphatic rings. The molecule has 0 fully saturated rings. The third-order valence-corrected chi connectivity index (χ3v) is 3.61. The minimum Gasteiger partial charge on any atom is -0.491 e. The lowest BCUT2D eigenvalue weighted by molar-refractivity contribution is 0.311. The highest BCUT2D eigenvalue weighted by Crippen LogP contribution is 2.35. The molecule has 0 bridgehead atoms. The van der Waals surface area contributed by atoms with Gasteiger partial charge in [0.25, 0.3) is 0 Å². The third-order valence-electron chi connectivity index (χ3n) is 3.33. The Kier molecular flexibility index (Phi) is 6.20. The number of aromatic nitrogens is 3. The number of H-pyrrole nitrogens is 1. The molecule has 1 aromatic carbocycles. The van der Waals surface area contributed by atoms with Gasteiger partial charge in [-0.25, -0.2) is 9.89 Å². The Bertz CT molecular complexity index is 858. The summed E-state index contributed by atoms with van der Waals surface area (Å²) < 4.78 is 10.8. The average molecular weight is 380 g/mol. The molecule has 0 atom stereocenters. The lowest BCUT2D eigenvalue weighted by Gasteiger charge is -2.18. The molecule has 0 amide bonds. The van der Waals surface area contributed by atoms with Gasteiger partial charge >= 0.3 is 5.69 Å². The molecule has 0 radical (unpaired) electrons. The standard InChI is InChI=1S/C17H22ClN5O3/c1-6-26-12-8-10(7-11(18)13(12)25-5)9-19-22-15-14(17(2,3)4)21-23-16(24)20-15/h7-9H,6H2,1-5H3,(H2,20,22,23,24)/b19-9+. The number of hydrogen-bond donors (Lipinski definition) is 2. The van der Waals surface area contributed by atoms with Crippen molar-refractivity contribution in [3.8, 4) is 11.5 Å². The Morgan fingerprint density at radius 1 is 1.38 bits per heavy atom. The summed E-state index contributed by atoms with van der Waals surface area (Å²) in [4.78, 5) is 15.4. The van der Waals surface area contributed by atoms with Crippen molar-refractivity contribution in [2.75, 3.05) is 19.1 Å². The average Bonchev–Trinajstić information content (AvgIpc) is 2.54. The summed E-state index contributed by atoms with van der Waals surface area (Å²) in [6, 6.07) is 3.45. The van der Waals surface area contributed by atoms with Gasteiger partial charge in [0.15, 0.2) is 17.3 Å². The van der Waals surface area contributed by atoms with Crippen LogP contribution in [0.2, 0.25) is 5.02 Å². The zero-order valence-corrected chi connectivity index (χ0v) is 16.1. The summed E-state index contributed by atoms with van der Waals surface area (Å²) in [7, 11) is 1.53. The van der Waals surface area contributed by atoms with Gasteiger partial charge in [0.1, 0.15) is 5.69 Å². The molecule has 0 aliphatic carbocycles. The van der Waals surface area contributed by atoms with E-state index in [0.717, 1.165) is 0 Å². The third kappa shape index (κ3) is 4.72. The van der Waals surface area contributed by atoms with Crippen molar-refractivity contribution in [3.05, 3.63) is 38.9 Å². The van der Waals surface area contributed by atoms with Gasteiger partial charge in [0, 0.05) is 5.41 Å². The Morgan fingerprint density at radius 2 is 2.12 bits per heavy atom. The molecule has 2 rings (SSSR count). The molecular weight excluding hydrogens is 358 g/mol. The van der Waals surface area contributed by atoms with E-state index in [1.54, 1.807) is 18.3 Å². The molecule has 140 valence electrons. The first kappa shape index (κ1) is 19.7. The van der Waals surface area contributed by atoms with Crippen LogP contribution in [0.5, 0.6) is 11.5 Å². The Morgan fingerprint density at radius 3 is 2.73 bits per heavy atom. The summed E-state index contributed by atoms with van der Waals surface area (Å²) in [6.45, 7) is 8.23. The van der Waals surface area contributed by atoms with Crippen LogP contribution < -0.4 is 20.6 Å². The molecule has 9 heteroatoms. The van der Waals surface area contributed by atoms with E-state index in [2.05, 4.69) is 25.7 Å². The Labute approximate surface area is 156 Å². The highest BCUT2D eigenvalue weighted by Gasteiger charge is 2.21. The van der Waals surface area contributed by atoms with Crippen molar-refractivity contribution >= 4 is 23.6 Å². The second kappa shape index (κ2) is 8.18. The lowest BCUT2D eigenvalue weighted by atomic mass is 9.92. The predicted molar refractivity (Wildman–Crippen MR) is 102 cm³/mol. The summed E-state index contributed by atoms with van der Waals surface area (Å²) in [6.07, 6.45) is 1.54. The number of nitrogens with one attached hydrogen (secondary N) is 2. The van der Waals surface area contributed by atoms with Crippen molar-refractivity contribution in [3.63, 3.8) is 0 Å². The van der Waals surface area contributed by atoms with Gasteiger partial charge < -0.3 is 9.47 Å². The molecule has 0 saturated heterocycles. The fourth-order valence-corrected chi connectivity index (χ4v) is 2.52. The van der Waals surface area contributed by atoms with Crippen LogP contribution in [0.3, 0.4) is 0 Å². The first-order valence-electron chi connectivity index (χ1n) is 8.02. The maximum Gasteiger partial charge on any atom is 0.363 e. The van der Waals surface area contributed by atoms with Crippen LogP contribution >= 0.6 is 11.6 Å². The maximum atomic E-state index is 11.5. The Hall–Kier alpha value is -2.61. The number of halogens is 1. The number of rotatable bonds is 6. The number of hydrogen-bond acceptors (Lipinski definition) is 7. The van der Waals surface area contributed by atoms with Gasteiger partial charge in [-0.3, -0.25) is 5.43 Å². The van der Waals surface area contributed by atoms with Crippen molar-refractivity contribution in [2.45, 2.75) is 33.1 Å². The quantitative estimate of drug-likeness (QED) is 0.591. The maximum absolute atomic E-state index is 11.5. The van der Waals surface area contributed by atoms with Crippen molar-refractivity contribution in [2.24, 2.45) is 5.10 Å². The van der Waals surface area contributed by atoms with Crippen molar-refractivity contribution < 1.29 is 9.47 Å². The van der Waals surface area contributed by atoms with Gasteiger partial charge in [0.2, 0.25) is 0 Å². The topological polar surface area (TPSA) is 101 Å². The van der Waals surface area contributed by atoms with E-state index in [4.69, 9.17) is 21.1 Å². The van der Waals surface area contributed by atoms with Gasteiger partial charge in [0.05, 0.1) is 25.0 Å². The van der Waals surface area contributed by atoms with E-state index >= 15 is 0 Å². The van der Waals surface area contributed by atoms with Crippen molar-refractivity contribution in [1.82, 2.24) is 15.2 Å². The van der Waals surface area contributed by atoms with Crippen molar-refractivity contribution in [1.29, 1.82) is 0 Å². The van der Waals surface area contributed by atoms with Crippen LogP contribution in [0.25, 0.3) is 0 Å². The van der Waals surface area contributed by atoms with Crippen LogP contribution in [0.1, 0.15) is 39.0 Å². The minimum atomic E-state index is -0.554. The predicted octanol–water partition coefficient (Wildman–Crippen LogP) is 2.97. The summed E-state index contributed by atoms with van der Waals surface area (Å²) >= 11 is 6.22. The molecule has 26 heavy (non-hydrogen) atoms. The molecule has 1 heterocycles. The number of aromatic amines is 1. The number of nitrogens with zero attached hydrogens (tertiary/aromatic N) is 3. The molecule has 1 aromatic heterocycles.